The lowest BCUT2D eigenvalue weighted by Crippen LogP contribution is -2.19. The molecule has 2 aromatic carbocycles. The van der Waals surface area contributed by atoms with Crippen LogP contribution in [0.15, 0.2) is 60.0 Å². The van der Waals surface area contributed by atoms with Gasteiger partial charge in [-0.3, -0.25) is 4.79 Å². The first-order valence-electron chi connectivity index (χ1n) is 8.21. The summed E-state index contributed by atoms with van der Waals surface area (Å²) in [6.45, 7) is 3.06. The number of aromatic nitrogens is 2. The van der Waals surface area contributed by atoms with Crippen molar-refractivity contribution in [3.05, 3.63) is 60.4 Å². The summed E-state index contributed by atoms with van der Waals surface area (Å²) in [5.74, 6) is 0.593. The molecular formula is C19H20N4O2. The lowest BCUT2D eigenvalue weighted by molar-refractivity contribution is -0.121. The van der Waals surface area contributed by atoms with Crippen LogP contribution < -0.4 is 10.2 Å². The van der Waals surface area contributed by atoms with Gasteiger partial charge in [-0.1, -0.05) is 24.3 Å². The molecule has 1 N–H and O–H groups in total. The molecule has 0 saturated heterocycles. The van der Waals surface area contributed by atoms with E-state index in [2.05, 4.69) is 15.5 Å². The second-order valence-electron chi connectivity index (χ2n) is 5.44. The van der Waals surface area contributed by atoms with Crippen molar-refractivity contribution < 1.29 is 9.53 Å². The summed E-state index contributed by atoms with van der Waals surface area (Å²) < 4.78 is 7.48. The Kier molecular flexibility index (Phi) is 5.41. The first-order chi connectivity index (χ1) is 12.3. The highest BCUT2D eigenvalue weighted by atomic mass is 16.5. The Balaban J connectivity index is 1.55. The molecule has 0 aliphatic rings. The molecule has 0 bridgehead atoms. The normalized spacial score (nSPS) is 11.1. The van der Waals surface area contributed by atoms with Crippen molar-refractivity contribution in [3.8, 4) is 5.75 Å². The van der Waals surface area contributed by atoms with Crippen LogP contribution in [0.25, 0.3) is 11.0 Å². The second kappa shape index (κ2) is 8.10. The Hall–Kier alpha value is -3.15. The van der Waals surface area contributed by atoms with Crippen molar-refractivity contribution >= 4 is 23.2 Å². The third kappa shape index (κ3) is 4.23. The number of hydrogen-bond donors (Lipinski definition) is 1. The van der Waals surface area contributed by atoms with E-state index < -0.39 is 0 Å². The van der Waals surface area contributed by atoms with Gasteiger partial charge in [0.25, 0.3) is 0 Å². The van der Waals surface area contributed by atoms with E-state index in [4.69, 9.17) is 4.74 Å². The molecule has 0 spiro atoms. The van der Waals surface area contributed by atoms with Gasteiger partial charge in [0, 0.05) is 18.5 Å². The summed E-state index contributed by atoms with van der Waals surface area (Å²) in [7, 11) is 0. The fraction of sp³-hybridized carbons (Fsp3) is 0.211. The molecule has 0 fully saturated rings. The Morgan fingerprint density at radius 3 is 2.92 bits per heavy atom. The zero-order valence-corrected chi connectivity index (χ0v) is 14.1. The zero-order chi connectivity index (χ0) is 17.5. The van der Waals surface area contributed by atoms with Crippen LogP contribution in [-0.2, 0) is 11.3 Å². The summed E-state index contributed by atoms with van der Waals surface area (Å²) in [5, 5.41) is 4.02. The number of aryl methyl sites for hydroxylation is 1. The molecule has 1 heterocycles. The first-order valence-corrected chi connectivity index (χ1v) is 8.21. The summed E-state index contributed by atoms with van der Waals surface area (Å²) in [6.07, 6.45) is 3.67. The van der Waals surface area contributed by atoms with E-state index in [1.807, 2.05) is 60.0 Å². The van der Waals surface area contributed by atoms with E-state index >= 15 is 0 Å². The van der Waals surface area contributed by atoms with Crippen LogP contribution in [0.1, 0.15) is 18.9 Å². The number of nitrogens with zero attached hydrogens (tertiary/aromatic N) is 3. The van der Waals surface area contributed by atoms with Gasteiger partial charge >= 0.3 is 0 Å². The third-order valence-corrected chi connectivity index (χ3v) is 3.72. The number of para-hydroxylation sites is 3. The average Bonchev–Trinajstić information content (AvgIpc) is 3.05. The molecule has 6 heteroatoms. The molecule has 0 aliphatic heterocycles. The van der Waals surface area contributed by atoms with Crippen LogP contribution in [0.5, 0.6) is 5.75 Å². The highest BCUT2D eigenvalue weighted by Crippen LogP contribution is 2.15. The number of carbonyl (C=O) groups excluding carboxylic acids is 1. The van der Waals surface area contributed by atoms with Crippen LogP contribution in [0.2, 0.25) is 0 Å². The number of benzene rings is 2. The van der Waals surface area contributed by atoms with E-state index in [1.165, 1.54) is 0 Å². The average molecular weight is 336 g/mol. The molecule has 0 aliphatic carbocycles. The maximum Gasteiger partial charge on any atom is 0.241 e. The summed E-state index contributed by atoms with van der Waals surface area (Å²) in [4.78, 5) is 16.3. The molecule has 128 valence electrons. The van der Waals surface area contributed by atoms with Gasteiger partial charge in [0.1, 0.15) is 5.75 Å². The highest BCUT2D eigenvalue weighted by molar-refractivity contribution is 5.85. The molecule has 0 radical (unpaired) electrons. The van der Waals surface area contributed by atoms with E-state index in [1.54, 1.807) is 12.5 Å². The maximum atomic E-state index is 12.0. The molecule has 0 unspecified atom stereocenters. The first kappa shape index (κ1) is 16.7. The molecule has 0 saturated carbocycles. The van der Waals surface area contributed by atoms with Gasteiger partial charge in [-0.2, -0.15) is 5.10 Å². The molecule has 25 heavy (non-hydrogen) atoms. The van der Waals surface area contributed by atoms with Gasteiger partial charge in [0.2, 0.25) is 5.91 Å². The fourth-order valence-electron chi connectivity index (χ4n) is 2.51. The number of fused-ring (bicyclic) bond motifs is 1. The molecular weight excluding hydrogens is 316 g/mol. The second-order valence-corrected chi connectivity index (χ2v) is 5.44. The number of ether oxygens (including phenoxy) is 1. The van der Waals surface area contributed by atoms with Crippen LogP contribution >= 0.6 is 0 Å². The molecule has 1 amide bonds. The number of nitrogens with one attached hydrogen (secondary N) is 1. The lowest BCUT2D eigenvalue weighted by Gasteiger charge is -2.06. The Morgan fingerprint density at radius 1 is 1.24 bits per heavy atom. The smallest absolute Gasteiger partial charge is 0.241 e. The topological polar surface area (TPSA) is 68.5 Å². The Bertz CT molecular complexity index is 886. The van der Waals surface area contributed by atoms with Gasteiger partial charge in [-0.05, 0) is 31.2 Å². The molecule has 3 rings (SSSR count). The minimum Gasteiger partial charge on any atom is -0.493 e. The van der Waals surface area contributed by atoms with Crippen molar-refractivity contribution in [1.82, 2.24) is 15.0 Å². The van der Waals surface area contributed by atoms with E-state index in [-0.39, 0.29) is 5.91 Å². The van der Waals surface area contributed by atoms with Crippen molar-refractivity contribution in [2.24, 2.45) is 5.10 Å². The largest absolute Gasteiger partial charge is 0.493 e. The summed E-state index contributed by atoms with van der Waals surface area (Å²) >= 11 is 0. The number of carbonyl (C=O) groups is 1. The summed E-state index contributed by atoms with van der Waals surface area (Å²) in [6, 6.07) is 15.4. The molecule has 6 nitrogen and oxygen atoms in total. The minimum absolute atomic E-state index is 0.150. The van der Waals surface area contributed by atoms with Gasteiger partial charge in [0.05, 0.1) is 30.2 Å². The van der Waals surface area contributed by atoms with Crippen LogP contribution in [0, 0.1) is 0 Å². The van der Waals surface area contributed by atoms with Crippen LogP contribution in [0.3, 0.4) is 0 Å². The SMILES string of the molecule is CCOc1ccccc1/C=N/NC(=O)CCn1cnc2ccccc21. The van der Waals surface area contributed by atoms with Crippen molar-refractivity contribution in [1.29, 1.82) is 0 Å². The quantitative estimate of drug-likeness (QED) is 0.533. The maximum absolute atomic E-state index is 12.0. The standard InChI is InChI=1S/C19H20N4O2/c1-2-25-18-10-6-3-7-15(18)13-21-22-19(24)11-12-23-14-20-16-8-4-5-9-17(16)23/h3-10,13-14H,2,11-12H2,1H3,(H,22,24)/b21-13+. The van der Waals surface area contributed by atoms with Gasteiger partial charge in [-0.25, -0.2) is 10.4 Å². The van der Waals surface area contributed by atoms with Crippen molar-refractivity contribution in [2.45, 2.75) is 19.9 Å². The van der Waals surface area contributed by atoms with Gasteiger partial charge in [0.15, 0.2) is 0 Å². The van der Waals surface area contributed by atoms with Crippen molar-refractivity contribution in [3.63, 3.8) is 0 Å². The number of rotatable bonds is 7. The zero-order valence-electron chi connectivity index (χ0n) is 14.1. The van der Waals surface area contributed by atoms with Crippen LogP contribution in [-0.4, -0.2) is 28.3 Å². The minimum atomic E-state index is -0.150. The molecule has 3 aromatic rings. The highest BCUT2D eigenvalue weighted by Gasteiger charge is 2.05. The predicted octanol–water partition coefficient (Wildman–Crippen LogP) is 2.98. The van der Waals surface area contributed by atoms with E-state index in [9.17, 15) is 4.79 Å². The van der Waals surface area contributed by atoms with Crippen LogP contribution in [0.4, 0.5) is 0 Å². The lowest BCUT2D eigenvalue weighted by atomic mass is 10.2. The molecule has 0 atom stereocenters. The predicted molar refractivity (Wildman–Crippen MR) is 97.7 cm³/mol. The molecule has 1 aromatic heterocycles. The number of imidazole rings is 1. The van der Waals surface area contributed by atoms with Crippen molar-refractivity contribution in [2.75, 3.05) is 6.61 Å². The van der Waals surface area contributed by atoms with Gasteiger partial charge < -0.3 is 9.30 Å². The van der Waals surface area contributed by atoms with E-state index in [0.29, 0.717) is 19.6 Å². The third-order valence-electron chi connectivity index (χ3n) is 3.72. The summed E-state index contributed by atoms with van der Waals surface area (Å²) in [5.41, 5.74) is 5.32. The Morgan fingerprint density at radius 2 is 2.04 bits per heavy atom. The number of amides is 1. The number of hydrogen-bond acceptors (Lipinski definition) is 4. The van der Waals surface area contributed by atoms with Gasteiger partial charge in [-0.15, -0.1) is 0 Å². The fourth-order valence-corrected chi connectivity index (χ4v) is 2.51. The Labute approximate surface area is 146 Å². The number of hydrazone groups is 1. The van der Waals surface area contributed by atoms with E-state index in [0.717, 1.165) is 22.3 Å². The monoisotopic (exact) mass is 336 g/mol.